The number of carbonyl (C=O) groups excluding carboxylic acids is 1. The minimum absolute atomic E-state index is 0.0176. The molecule has 0 aliphatic rings. The highest BCUT2D eigenvalue weighted by atomic mass is 79.9. The number of hydrogen-bond donors (Lipinski definition) is 1. The van der Waals surface area contributed by atoms with Gasteiger partial charge in [0.1, 0.15) is 5.75 Å². The number of ether oxygens (including phenoxy) is 1. The molecule has 0 aromatic heterocycles. The molecule has 0 saturated heterocycles. The molecular formula is C20H14BrClN2O4S. The van der Waals surface area contributed by atoms with Crippen molar-refractivity contribution in [3.8, 4) is 5.75 Å². The van der Waals surface area contributed by atoms with Gasteiger partial charge >= 0.3 is 5.97 Å². The summed E-state index contributed by atoms with van der Waals surface area (Å²) in [5.41, 5.74) is 0.796. The molecule has 0 spiro atoms. The maximum atomic E-state index is 12.3. The Labute approximate surface area is 181 Å². The molecule has 148 valence electrons. The van der Waals surface area contributed by atoms with Gasteiger partial charge in [0, 0.05) is 15.1 Å². The normalized spacial score (nSPS) is 11.4. The van der Waals surface area contributed by atoms with E-state index in [-0.39, 0.29) is 10.6 Å². The fraction of sp³-hybridized carbons (Fsp3) is 0. The van der Waals surface area contributed by atoms with Gasteiger partial charge in [-0.2, -0.15) is 13.5 Å². The third kappa shape index (κ3) is 5.66. The van der Waals surface area contributed by atoms with Gasteiger partial charge in [-0.3, -0.25) is 0 Å². The Bertz CT molecular complexity index is 1150. The molecule has 3 aromatic carbocycles. The Morgan fingerprint density at radius 1 is 1.03 bits per heavy atom. The van der Waals surface area contributed by atoms with Crippen LogP contribution in [0, 0.1) is 0 Å². The smallest absolute Gasteiger partial charge is 0.343 e. The van der Waals surface area contributed by atoms with E-state index in [9.17, 15) is 13.2 Å². The Morgan fingerprint density at radius 3 is 2.41 bits per heavy atom. The number of sulfonamides is 1. The fourth-order valence-electron chi connectivity index (χ4n) is 2.28. The summed E-state index contributed by atoms with van der Waals surface area (Å²) >= 11 is 9.10. The number of halogens is 2. The molecule has 6 nitrogen and oxygen atoms in total. The van der Waals surface area contributed by atoms with Gasteiger partial charge in [-0.15, -0.1) is 0 Å². The van der Waals surface area contributed by atoms with Gasteiger partial charge in [-0.05, 0) is 54.6 Å². The van der Waals surface area contributed by atoms with E-state index < -0.39 is 16.0 Å². The number of hydrazone groups is 1. The minimum atomic E-state index is -3.86. The Kier molecular flexibility index (Phi) is 6.68. The van der Waals surface area contributed by atoms with Crippen molar-refractivity contribution in [1.82, 2.24) is 4.83 Å². The Hall–Kier alpha value is -2.68. The second kappa shape index (κ2) is 9.21. The summed E-state index contributed by atoms with van der Waals surface area (Å²) in [4.78, 5) is 14.4. The molecule has 0 unspecified atom stereocenters. The minimum Gasteiger partial charge on any atom is -0.422 e. The molecule has 3 aromatic rings. The van der Waals surface area contributed by atoms with Crippen molar-refractivity contribution in [1.29, 1.82) is 0 Å². The Morgan fingerprint density at radius 2 is 1.72 bits per heavy atom. The van der Waals surface area contributed by atoms with E-state index >= 15 is 0 Å². The SMILES string of the molecule is O=C(Oc1ccc(Br)cc1/C=N\NS(=O)(=O)c1ccc(Cl)cc1)c1ccccc1. The van der Waals surface area contributed by atoms with Crippen LogP contribution in [0.15, 0.2) is 87.3 Å². The van der Waals surface area contributed by atoms with E-state index in [1.807, 2.05) is 0 Å². The van der Waals surface area contributed by atoms with Gasteiger partial charge in [0.25, 0.3) is 10.0 Å². The van der Waals surface area contributed by atoms with Gasteiger partial charge in [0.05, 0.1) is 16.7 Å². The molecular weight excluding hydrogens is 480 g/mol. The summed E-state index contributed by atoms with van der Waals surface area (Å²) < 4.78 is 30.7. The molecule has 0 atom stereocenters. The van der Waals surface area contributed by atoms with Gasteiger partial charge in [0.2, 0.25) is 0 Å². The van der Waals surface area contributed by atoms with Crippen LogP contribution in [0.3, 0.4) is 0 Å². The molecule has 0 aliphatic carbocycles. The number of nitrogens with zero attached hydrogens (tertiary/aromatic N) is 1. The molecule has 9 heteroatoms. The third-order valence-electron chi connectivity index (χ3n) is 3.68. The number of hydrogen-bond acceptors (Lipinski definition) is 5. The highest BCUT2D eigenvalue weighted by Crippen LogP contribution is 2.23. The van der Waals surface area contributed by atoms with Crippen molar-refractivity contribution in [3.63, 3.8) is 0 Å². The van der Waals surface area contributed by atoms with Crippen LogP contribution >= 0.6 is 27.5 Å². The highest BCUT2D eigenvalue weighted by Gasteiger charge is 2.13. The van der Waals surface area contributed by atoms with Crippen molar-refractivity contribution in [2.45, 2.75) is 4.90 Å². The number of esters is 1. The maximum Gasteiger partial charge on any atom is 0.343 e. The van der Waals surface area contributed by atoms with Crippen LogP contribution in [0.4, 0.5) is 0 Å². The summed E-state index contributed by atoms with van der Waals surface area (Å²) in [5, 5.41) is 4.21. The molecule has 0 bridgehead atoms. The number of benzene rings is 3. The molecule has 0 saturated carbocycles. The van der Waals surface area contributed by atoms with E-state index in [0.717, 1.165) is 0 Å². The lowest BCUT2D eigenvalue weighted by molar-refractivity contribution is 0.0734. The van der Waals surface area contributed by atoms with Crippen molar-refractivity contribution in [2.24, 2.45) is 5.10 Å². The van der Waals surface area contributed by atoms with E-state index in [0.29, 0.717) is 20.6 Å². The van der Waals surface area contributed by atoms with Crippen molar-refractivity contribution in [3.05, 3.63) is 93.4 Å². The van der Waals surface area contributed by atoms with Crippen LogP contribution in [0.5, 0.6) is 5.75 Å². The average Bonchev–Trinajstić information content (AvgIpc) is 2.71. The lowest BCUT2D eigenvalue weighted by Crippen LogP contribution is -2.18. The first-order valence-electron chi connectivity index (χ1n) is 8.22. The van der Waals surface area contributed by atoms with E-state index in [4.69, 9.17) is 16.3 Å². The fourth-order valence-corrected chi connectivity index (χ4v) is 3.57. The van der Waals surface area contributed by atoms with Gasteiger partial charge < -0.3 is 4.74 Å². The zero-order chi connectivity index (χ0) is 20.9. The monoisotopic (exact) mass is 492 g/mol. The molecule has 3 rings (SSSR count). The standard InChI is InChI=1S/C20H14BrClN2O4S/c21-16-6-11-19(28-20(25)14-4-2-1-3-5-14)15(12-16)13-23-24-29(26,27)18-9-7-17(22)8-10-18/h1-13,24H/b23-13-. The summed E-state index contributed by atoms with van der Waals surface area (Å²) in [6.07, 6.45) is 1.26. The number of carbonyl (C=O) groups is 1. The van der Waals surface area contributed by atoms with E-state index in [1.165, 1.54) is 30.5 Å². The summed E-state index contributed by atoms with van der Waals surface area (Å²) in [7, 11) is -3.86. The predicted octanol–water partition coefficient (Wildman–Crippen LogP) is 4.63. The highest BCUT2D eigenvalue weighted by molar-refractivity contribution is 9.10. The molecule has 0 aliphatic heterocycles. The average molecular weight is 494 g/mol. The van der Waals surface area contributed by atoms with Gasteiger partial charge in [0.15, 0.2) is 0 Å². The van der Waals surface area contributed by atoms with Crippen LogP contribution in [0.1, 0.15) is 15.9 Å². The topological polar surface area (TPSA) is 84.8 Å². The largest absolute Gasteiger partial charge is 0.422 e. The van der Waals surface area contributed by atoms with Crippen LogP contribution in [-0.2, 0) is 10.0 Å². The van der Waals surface area contributed by atoms with E-state index in [1.54, 1.807) is 48.5 Å². The summed E-state index contributed by atoms with van der Waals surface area (Å²) in [6.45, 7) is 0. The lowest BCUT2D eigenvalue weighted by Gasteiger charge is -2.08. The van der Waals surface area contributed by atoms with Crippen LogP contribution in [0.2, 0.25) is 5.02 Å². The second-order valence-corrected chi connectivity index (χ2v) is 8.76. The van der Waals surface area contributed by atoms with Crippen LogP contribution in [0.25, 0.3) is 0 Å². The molecule has 0 amide bonds. The van der Waals surface area contributed by atoms with Crippen LogP contribution < -0.4 is 9.57 Å². The number of rotatable bonds is 6. The zero-order valence-electron chi connectivity index (χ0n) is 14.7. The van der Waals surface area contributed by atoms with Crippen molar-refractivity contribution in [2.75, 3.05) is 0 Å². The van der Waals surface area contributed by atoms with Crippen molar-refractivity contribution >= 4 is 49.7 Å². The van der Waals surface area contributed by atoms with Crippen LogP contribution in [-0.4, -0.2) is 20.6 Å². The third-order valence-corrected chi connectivity index (χ3v) is 5.67. The quantitative estimate of drug-likeness (QED) is 0.235. The maximum absolute atomic E-state index is 12.3. The first-order valence-corrected chi connectivity index (χ1v) is 10.9. The summed E-state index contributed by atoms with van der Waals surface area (Å²) in [6, 6.07) is 19.1. The lowest BCUT2D eigenvalue weighted by atomic mass is 10.2. The molecule has 1 N–H and O–H groups in total. The zero-order valence-corrected chi connectivity index (χ0v) is 17.9. The molecule has 0 radical (unpaired) electrons. The Balaban J connectivity index is 1.79. The van der Waals surface area contributed by atoms with E-state index in [2.05, 4.69) is 25.9 Å². The molecule has 29 heavy (non-hydrogen) atoms. The summed E-state index contributed by atoms with van der Waals surface area (Å²) in [5.74, 6) is -0.305. The van der Waals surface area contributed by atoms with Gasteiger partial charge in [-0.25, -0.2) is 9.63 Å². The first-order chi connectivity index (χ1) is 13.8. The van der Waals surface area contributed by atoms with Gasteiger partial charge in [-0.1, -0.05) is 45.7 Å². The predicted molar refractivity (Wildman–Crippen MR) is 115 cm³/mol. The number of nitrogens with one attached hydrogen (secondary N) is 1. The first kappa shape index (κ1) is 21.0. The molecule has 0 fully saturated rings. The molecule has 0 heterocycles. The van der Waals surface area contributed by atoms with Crippen molar-refractivity contribution < 1.29 is 17.9 Å². The second-order valence-electron chi connectivity index (χ2n) is 5.74.